The van der Waals surface area contributed by atoms with Crippen LogP contribution in [0.25, 0.3) is 0 Å². The Morgan fingerprint density at radius 1 is 1.29 bits per heavy atom. The summed E-state index contributed by atoms with van der Waals surface area (Å²) >= 11 is 1.70. The second-order valence-electron chi connectivity index (χ2n) is 4.85. The monoisotopic (exact) mass is 301 g/mol. The molecule has 21 heavy (non-hydrogen) atoms. The Morgan fingerprint density at radius 3 is 2.71 bits per heavy atom. The van der Waals surface area contributed by atoms with Gasteiger partial charge in [0, 0.05) is 30.9 Å². The molecule has 0 aliphatic rings. The van der Waals surface area contributed by atoms with Gasteiger partial charge in [-0.15, -0.1) is 11.3 Å². The van der Waals surface area contributed by atoms with Crippen molar-refractivity contribution < 1.29 is 4.39 Å². The zero-order valence-corrected chi connectivity index (χ0v) is 12.5. The zero-order chi connectivity index (χ0) is 14.7. The fourth-order valence-electron chi connectivity index (χ4n) is 2.25. The van der Waals surface area contributed by atoms with Gasteiger partial charge in [0.05, 0.1) is 0 Å². The van der Waals surface area contributed by atoms with E-state index in [1.165, 1.54) is 17.0 Å². The van der Waals surface area contributed by atoms with E-state index in [0.717, 1.165) is 11.4 Å². The average Bonchev–Trinajstić information content (AvgIpc) is 3.14. The standard InChI is InChI=1S/C16H16FN3S/c1-20-9-8-18-16(20)15(14-3-2-10-21-14)19-11-12-4-6-13(17)7-5-12/h2-10,15,19H,11H2,1H3. The molecule has 0 fully saturated rings. The van der Waals surface area contributed by atoms with E-state index in [0.29, 0.717) is 6.54 Å². The van der Waals surface area contributed by atoms with Crippen LogP contribution in [0.2, 0.25) is 0 Å². The minimum atomic E-state index is -0.211. The molecule has 0 saturated carbocycles. The molecule has 0 aliphatic heterocycles. The summed E-state index contributed by atoms with van der Waals surface area (Å²) in [4.78, 5) is 5.66. The lowest BCUT2D eigenvalue weighted by Crippen LogP contribution is -2.24. The Labute approximate surface area is 127 Å². The van der Waals surface area contributed by atoms with Crippen molar-refractivity contribution in [2.45, 2.75) is 12.6 Å². The Morgan fingerprint density at radius 2 is 2.10 bits per heavy atom. The third kappa shape index (κ3) is 3.20. The highest BCUT2D eigenvalue weighted by Crippen LogP contribution is 2.25. The van der Waals surface area contributed by atoms with Gasteiger partial charge >= 0.3 is 0 Å². The SMILES string of the molecule is Cn1ccnc1C(NCc1ccc(F)cc1)c1cccs1. The predicted octanol–water partition coefficient (Wildman–Crippen LogP) is 3.50. The Kier molecular flexibility index (Phi) is 4.13. The molecule has 2 heterocycles. The first-order valence-electron chi connectivity index (χ1n) is 6.72. The Bertz CT molecular complexity index is 689. The quantitative estimate of drug-likeness (QED) is 0.781. The number of aromatic nitrogens is 2. The highest BCUT2D eigenvalue weighted by molar-refractivity contribution is 7.10. The minimum absolute atomic E-state index is 0.0371. The van der Waals surface area contributed by atoms with E-state index in [9.17, 15) is 4.39 Å². The van der Waals surface area contributed by atoms with Crippen LogP contribution in [-0.4, -0.2) is 9.55 Å². The van der Waals surface area contributed by atoms with Crippen molar-refractivity contribution in [1.82, 2.24) is 14.9 Å². The van der Waals surface area contributed by atoms with Crippen LogP contribution in [0.1, 0.15) is 22.3 Å². The van der Waals surface area contributed by atoms with E-state index in [1.54, 1.807) is 29.7 Å². The van der Waals surface area contributed by atoms with Crippen molar-refractivity contribution in [3.63, 3.8) is 0 Å². The maximum Gasteiger partial charge on any atom is 0.131 e. The molecule has 0 aliphatic carbocycles. The molecule has 0 saturated heterocycles. The molecule has 2 aromatic heterocycles. The Hall–Kier alpha value is -1.98. The van der Waals surface area contributed by atoms with E-state index >= 15 is 0 Å². The normalized spacial score (nSPS) is 12.5. The van der Waals surface area contributed by atoms with Gasteiger partial charge in [0.15, 0.2) is 0 Å². The van der Waals surface area contributed by atoms with Crippen LogP contribution in [0.3, 0.4) is 0 Å². The fourth-order valence-corrected chi connectivity index (χ4v) is 3.05. The molecule has 0 bridgehead atoms. The molecule has 1 N–H and O–H groups in total. The molecule has 1 unspecified atom stereocenters. The topological polar surface area (TPSA) is 29.9 Å². The van der Waals surface area contributed by atoms with Crippen LogP contribution in [-0.2, 0) is 13.6 Å². The summed E-state index contributed by atoms with van der Waals surface area (Å²) in [6.07, 6.45) is 3.74. The van der Waals surface area contributed by atoms with Crippen LogP contribution in [0, 0.1) is 5.82 Å². The number of benzene rings is 1. The van der Waals surface area contributed by atoms with Gasteiger partial charge < -0.3 is 4.57 Å². The number of hydrogen-bond donors (Lipinski definition) is 1. The fraction of sp³-hybridized carbons (Fsp3) is 0.188. The number of nitrogens with zero attached hydrogens (tertiary/aromatic N) is 2. The lowest BCUT2D eigenvalue weighted by molar-refractivity contribution is 0.564. The number of aryl methyl sites for hydroxylation is 1. The molecule has 1 atom stereocenters. The second-order valence-corrected chi connectivity index (χ2v) is 5.83. The lowest BCUT2D eigenvalue weighted by Gasteiger charge is -2.17. The van der Waals surface area contributed by atoms with Crippen LogP contribution < -0.4 is 5.32 Å². The van der Waals surface area contributed by atoms with Crippen LogP contribution in [0.5, 0.6) is 0 Å². The second kappa shape index (κ2) is 6.20. The van der Waals surface area contributed by atoms with Crippen molar-refractivity contribution in [3.8, 4) is 0 Å². The van der Waals surface area contributed by atoms with Crippen molar-refractivity contribution in [3.05, 3.63) is 76.3 Å². The maximum atomic E-state index is 13.0. The number of imidazole rings is 1. The average molecular weight is 301 g/mol. The summed E-state index contributed by atoms with van der Waals surface area (Å²) in [6, 6.07) is 10.7. The van der Waals surface area contributed by atoms with Gasteiger partial charge in [-0.2, -0.15) is 0 Å². The summed E-state index contributed by atoms with van der Waals surface area (Å²) in [6.45, 7) is 0.662. The van der Waals surface area contributed by atoms with Crippen molar-refractivity contribution >= 4 is 11.3 Å². The third-order valence-corrected chi connectivity index (χ3v) is 4.31. The van der Waals surface area contributed by atoms with E-state index in [-0.39, 0.29) is 11.9 Å². The smallest absolute Gasteiger partial charge is 0.131 e. The largest absolute Gasteiger partial charge is 0.336 e. The first-order valence-corrected chi connectivity index (χ1v) is 7.60. The van der Waals surface area contributed by atoms with E-state index in [1.807, 2.05) is 23.9 Å². The molecule has 1 aromatic carbocycles. The summed E-state index contributed by atoms with van der Waals surface area (Å²) < 4.78 is 15.0. The van der Waals surface area contributed by atoms with Crippen LogP contribution in [0.15, 0.2) is 54.2 Å². The van der Waals surface area contributed by atoms with E-state index in [2.05, 4.69) is 21.7 Å². The third-order valence-electron chi connectivity index (χ3n) is 3.37. The minimum Gasteiger partial charge on any atom is -0.336 e. The predicted molar refractivity (Wildman–Crippen MR) is 82.6 cm³/mol. The number of thiophene rings is 1. The first kappa shape index (κ1) is 14.0. The molecule has 3 rings (SSSR count). The highest BCUT2D eigenvalue weighted by atomic mass is 32.1. The van der Waals surface area contributed by atoms with Gasteiger partial charge in [0.1, 0.15) is 17.7 Å². The number of rotatable bonds is 5. The zero-order valence-electron chi connectivity index (χ0n) is 11.7. The van der Waals surface area contributed by atoms with Gasteiger partial charge in [-0.25, -0.2) is 9.37 Å². The van der Waals surface area contributed by atoms with Crippen LogP contribution in [0.4, 0.5) is 4.39 Å². The number of hydrogen-bond acceptors (Lipinski definition) is 3. The van der Waals surface area contributed by atoms with Gasteiger partial charge in [0.2, 0.25) is 0 Å². The highest BCUT2D eigenvalue weighted by Gasteiger charge is 2.18. The van der Waals surface area contributed by atoms with Crippen molar-refractivity contribution in [1.29, 1.82) is 0 Å². The molecule has 0 amide bonds. The Balaban J connectivity index is 1.80. The molecule has 3 nitrogen and oxygen atoms in total. The lowest BCUT2D eigenvalue weighted by atomic mass is 10.1. The molecule has 5 heteroatoms. The van der Waals surface area contributed by atoms with Crippen molar-refractivity contribution in [2.75, 3.05) is 0 Å². The van der Waals surface area contributed by atoms with Gasteiger partial charge in [-0.05, 0) is 29.1 Å². The van der Waals surface area contributed by atoms with Gasteiger partial charge in [-0.1, -0.05) is 18.2 Å². The molecule has 0 radical (unpaired) electrons. The first-order chi connectivity index (χ1) is 10.2. The number of nitrogens with one attached hydrogen (secondary N) is 1. The molecule has 0 spiro atoms. The summed E-state index contributed by atoms with van der Waals surface area (Å²) in [5.41, 5.74) is 1.05. The van der Waals surface area contributed by atoms with E-state index < -0.39 is 0 Å². The van der Waals surface area contributed by atoms with E-state index in [4.69, 9.17) is 0 Å². The number of halogens is 1. The van der Waals surface area contributed by atoms with Crippen LogP contribution >= 0.6 is 11.3 Å². The van der Waals surface area contributed by atoms with Gasteiger partial charge in [0.25, 0.3) is 0 Å². The summed E-state index contributed by atoms with van der Waals surface area (Å²) in [7, 11) is 1.99. The summed E-state index contributed by atoms with van der Waals surface area (Å²) in [5.74, 6) is 0.761. The molecular weight excluding hydrogens is 285 g/mol. The molecule has 108 valence electrons. The maximum absolute atomic E-state index is 13.0. The molecule has 3 aromatic rings. The molecular formula is C16H16FN3S. The van der Waals surface area contributed by atoms with Gasteiger partial charge in [-0.3, -0.25) is 5.32 Å². The summed E-state index contributed by atoms with van der Waals surface area (Å²) in [5, 5.41) is 5.57. The van der Waals surface area contributed by atoms with Crippen molar-refractivity contribution in [2.24, 2.45) is 7.05 Å².